The molecule has 0 fully saturated rings. The number of thioether (sulfide) groups is 1. The molecule has 2 aromatic carbocycles. The molecule has 0 bridgehead atoms. The van der Waals surface area contributed by atoms with Gasteiger partial charge in [0.05, 0.1) is 5.75 Å². The number of hydrogen-bond donors (Lipinski definition) is 1. The molecule has 1 aromatic heterocycles. The molecular formula is C21H22N4OS. The predicted molar refractivity (Wildman–Crippen MR) is 109 cm³/mol. The summed E-state index contributed by atoms with van der Waals surface area (Å²) in [5.74, 6) is 1.35. The quantitative estimate of drug-likeness (QED) is 0.669. The molecule has 2 heterocycles. The SMILES string of the molecule is O=C(CSc1nnc2n1CCCCC2)Nc1ccc(-c2ccccc2)cc1. The summed E-state index contributed by atoms with van der Waals surface area (Å²) in [5.41, 5.74) is 3.10. The van der Waals surface area contributed by atoms with Gasteiger partial charge < -0.3 is 9.88 Å². The third kappa shape index (κ3) is 4.39. The Morgan fingerprint density at radius 3 is 2.56 bits per heavy atom. The number of rotatable bonds is 5. The smallest absolute Gasteiger partial charge is 0.234 e. The largest absolute Gasteiger partial charge is 0.325 e. The van der Waals surface area contributed by atoms with Crippen LogP contribution in [-0.4, -0.2) is 26.4 Å². The molecule has 27 heavy (non-hydrogen) atoms. The van der Waals surface area contributed by atoms with Crippen LogP contribution in [0.2, 0.25) is 0 Å². The van der Waals surface area contributed by atoms with Crippen molar-refractivity contribution in [2.45, 2.75) is 37.4 Å². The average molecular weight is 379 g/mol. The Morgan fingerprint density at radius 2 is 1.74 bits per heavy atom. The lowest BCUT2D eigenvalue weighted by Gasteiger charge is -2.08. The number of carbonyl (C=O) groups is 1. The molecule has 0 saturated carbocycles. The van der Waals surface area contributed by atoms with Crippen LogP contribution >= 0.6 is 11.8 Å². The second kappa shape index (κ2) is 8.39. The second-order valence-electron chi connectivity index (χ2n) is 6.64. The van der Waals surface area contributed by atoms with Crippen molar-refractivity contribution in [3.8, 4) is 11.1 Å². The number of amides is 1. The molecule has 1 amide bonds. The van der Waals surface area contributed by atoms with E-state index >= 15 is 0 Å². The number of fused-ring (bicyclic) bond motifs is 1. The zero-order chi connectivity index (χ0) is 18.5. The van der Waals surface area contributed by atoms with E-state index in [1.54, 1.807) is 0 Å². The fourth-order valence-corrected chi connectivity index (χ4v) is 4.05. The van der Waals surface area contributed by atoms with Gasteiger partial charge in [-0.05, 0) is 36.1 Å². The normalized spacial score (nSPS) is 13.6. The Balaban J connectivity index is 1.34. The first-order valence-electron chi connectivity index (χ1n) is 9.30. The van der Waals surface area contributed by atoms with Crippen LogP contribution in [0.5, 0.6) is 0 Å². The maximum absolute atomic E-state index is 12.3. The van der Waals surface area contributed by atoms with Crippen molar-refractivity contribution >= 4 is 23.4 Å². The van der Waals surface area contributed by atoms with E-state index in [1.807, 2.05) is 42.5 Å². The molecule has 5 nitrogen and oxygen atoms in total. The monoisotopic (exact) mass is 378 g/mol. The van der Waals surface area contributed by atoms with Crippen LogP contribution in [0.15, 0.2) is 59.8 Å². The number of aromatic nitrogens is 3. The first-order valence-corrected chi connectivity index (χ1v) is 10.3. The van der Waals surface area contributed by atoms with E-state index in [4.69, 9.17) is 0 Å². The topological polar surface area (TPSA) is 59.8 Å². The van der Waals surface area contributed by atoms with Crippen molar-refractivity contribution in [1.29, 1.82) is 0 Å². The first kappa shape index (κ1) is 17.8. The van der Waals surface area contributed by atoms with Gasteiger partial charge in [0, 0.05) is 18.7 Å². The molecule has 0 radical (unpaired) electrons. The van der Waals surface area contributed by atoms with Gasteiger partial charge >= 0.3 is 0 Å². The number of anilines is 1. The lowest BCUT2D eigenvalue weighted by Crippen LogP contribution is -2.14. The fourth-order valence-electron chi connectivity index (χ4n) is 3.27. The Morgan fingerprint density at radius 1 is 0.963 bits per heavy atom. The summed E-state index contributed by atoms with van der Waals surface area (Å²) < 4.78 is 2.17. The molecule has 1 N–H and O–H groups in total. The highest BCUT2D eigenvalue weighted by Crippen LogP contribution is 2.23. The van der Waals surface area contributed by atoms with Gasteiger partial charge in [0.2, 0.25) is 5.91 Å². The molecule has 1 aliphatic heterocycles. The summed E-state index contributed by atoms with van der Waals surface area (Å²) in [7, 11) is 0. The van der Waals surface area contributed by atoms with Crippen molar-refractivity contribution in [2.24, 2.45) is 0 Å². The number of hydrogen-bond acceptors (Lipinski definition) is 4. The van der Waals surface area contributed by atoms with Gasteiger partial charge in [-0.15, -0.1) is 10.2 Å². The highest BCUT2D eigenvalue weighted by atomic mass is 32.2. The fraction of sp³-hybridized carbons (Fsp3) is 0.286. The van der Waals surface area contributed by atoms with E-state index in [2.05, 4.69) is 32.2 Å². The summed E-state index contributed by atoms with van der Waals surface area (Å²) in [6, 6.07) is 18.1. The van der Waals surface area contributed by atoms with Gasteiger partial charge in [-0.2, -0.15) is 0 Å². The van der Waals surface area contributed by atoms with Crippen LogP contribution in [0.4, 0.5) is 5.69 Å². The summed E-state index contributed by atoms with van der Waals surface area (Å²) in [4.78, 5) is 12.3. The number of benzene rings is 2. The van der Waals surface area contributed by atoms with Gasteiger partial charge in [0.1, 0.15) is 5.82 Å². The summed E-state index contributed by atoms with van der Waals surface area (Å²) in [5, 5.41) is 12.3. The third-order valence-corrected chi connectivity index (χ3v) is 5.65. The molecule has 0 atom stereocenters. The highest BCUT2D eigenvalue weighted by Gasteiger charge is 2.16. The van der Waals surface area contributed by atoms with Crippen molar-refractivity contribution in [3.63, 3.8) is 0 Å². The molecule has 6 heteroatoms. The molecule has 1 aliphatic rings. The summed E-state index contributed by atoms with van der Waals surface area (Å²) in [6.45, 7) is 0.952. The molecule has 3 aromatic rings. The van der Waals surface area contributed by atoms with Gasteiger partial charge in [-0.25, -0.2) is 0 Å². The van der Waals surface area contributed by atoms with Gasteiger partial charge in [0.25, 0.3) is 0 Å². The Hall–Kier alpha value is -2.60. The Labute approximate surface area is 163 Å². The molecule has 4 rings (SSSR count). The lowest BCUT2D eigenvalue weighted by molar-refractivity contribution is -0.113. The van der Waals surface area contributed by atoms with Crippen molar-refractivity contribution in [3.05, 3.63) is 60.4 Å². The number of nitrogens with one attached hydrogen (secondary N) is 1. The molecule has 0 saturated heterocycles. The number of aryl methyl sites for hydroxylation is 1. The number of nitrogens with zero attached hydrogens (tertiary/aromatic N) is 3. The van der Waals surface area contributed by atoms with Crippen molar-refractivity contribution in [1.82, 2.24) is 14.8 Å². The van der Waals surface area contributed by atoms with Crippen LogP contribution in [-0.2, 0) is 17.8 Å². The van der Waals surface area contributed by atoms with Gasteiger partial charge in [-0.1, -0.05) is 60.6 Å². The predicted octanol–water partition coefficient (Wildman–Crippen LogP) is 4.40. The minimum atomic E-state index is -0.0292. The highest BCUT2D eigenvalue weighted by molar-refractivity contribution is 7.99. The zero-order valence-corrected chi connectivity index (χ0v) is 15.9. The lowest BCUT2D eigenvalue weighted by atomic mass is 10.1. The first-order chi connectivity index (χ1) is 13.3. The summed E-state index contributed by atoms with van der Waals surface area (Å²) in [6.07, 6.45) is 4.53. The number of carbonyl (C=O) groups excluding carboxylic acids is 1. The minimum absolute atomic E-state index is 0.0292. The third-order valence-electron chi connectivity index (χ3n) is 4.68. The maximum Gasteiger partial charge on any atom is 0.234 e. The Bertz CT molecular complexity index is 906. The van der Waals surface area contributed by atoms with E-state index in [-0.39, 0.29) is 5.91 Å². The van der Waals surface area contributed by atoms with E-state index in [0.29, 0.717) is 5.75 Å². The van der Waals surface area contributed by atoms with Crippen molar-refractivity contribution in [2.75, 3.05) is 11.1 Å². The summed E-state index contributed by atoms with van der Waals surface area (Å²) >= 11 is 1.46. The molecule has 0 spiro atoms. The van der Waals surface area contributed by atoms with Crippen molar-refractivity contribution < 1.29 is 4.79 Å². The van der Waals surface area contributed by atoms with E-state index in [1.165, 1.54) is 30.2 Å². The molecule has 138 valence electrons. The molecule has 0 aliphatic carbocycles. The van der Waals surface area contributed by atoms with E-state index in [9.17, 15) is 4.79 Å². The van der Waals surface area contributed by atoms with Crippen LogP contribution in [0.25, 0.3) is 11.1 Å². The molecular weight excluding hydrogens is 356 g/mol. The van der Waals surface area contributed by atoms with E-state index in [0.717, 1.165) is 41.6 Å². The standard InChI is InChI=1S/C21H22N4OS/c26-20(15-27-21-24-23-19-9-5-2-6-14-25(19)21)22-18-12-10-17(11-13-18)16-7-3-1-4-8-16/h1,3-4,7-8,10-13H,2,5-6,9,14-15H2,(H,22,26). The van der Waals surface area contributed by atoms with Crippen LogP contribution in [0, 0.1) is 0 Å². The average Bonchev–Trinajstić information content (AvgIpc) is 2.93. The van der Waals surface area contributed by atoms with E-state index < -0.39 is 0 Å². The van der Waals surface area contributed by atoms with Gasteiger partial charge in [0.15, 0.2) is 5.16 Å². The minimum Gasteiger partial charge on any atom is -0.325 e. The molecule has 0 unspecified atom stereocenters. The van der Waals surface area contributed by atoms with Crippen LogP contribution in [0.3, 0.4) is 0 Å². The zero-order valence-electron chi connectivity index (χ0n) is 15.1. The van der Waals surface area contributed by atoms with Crippen LogP contribution < -0.4 is 5.32 Å². The maximum atomic E-state index is 12.3. The van der Waals surface area contributed by atoms with Crippen LogP contribution in [0.1, 0.15) is 25.1 Å². The van der Waals surface area contributed by atoms with Gasteiger partial charge in [-0.3, -0.25) is 4.79 Å². The second-order valence-corrected chi connectivity index (χ2v) is 7.58. The Kier molecular flexibility index (Phi) is 5.53.